The number of amides is 16. The Hall–Kier alpha value is -13.9. The second-order valence-electron chi connectivity index (χ2n) is 35.5. The predicted molar refractivity (Wildman–Crippen MR) is 521 cm³/mol. The number of unbranched alkanes of at least 4 members (excludes halogenated alkanes) is 1. The largest absolute Gasteiger partial charge is 0.481 e. The number of rotatable bonds is 41. The topological polar surface area (TPSA) is 755 Å². The number of benzene rings is 3. The van der Waals surface area contributed by atoms with Gasteiger partial charge in [-0.2, -0.15) is 0 Å². The molecule has 0 radical (unpaired) electrons. The van der Waals surface area contributed by atoms with E-state index in [4.69, 9.17) is 11.5 Å². The number of nitrogens with two attached hydrogens (primary N) is 2. The number of nitrogens with one attached hydrogen (secondary N) is 16. The lowest BCUT2D eigenvalue weighted by Gasteiger charge is -2.32. The Morgan fingerprint density at radius 3 is 1.41 bits per heavy atom. The standard InChI is InChI=1S/C92H127N23O27S2/c1-5-49(2)78(109-91(141)79(50(3)118)110-84(134)62(99-51(4)119)33-52-38-96-58-18-9-6-15-55(52)58)90(140)108-70-48-144-143-47-69(107-83(133)65(37-74(122)123)103-86(136)67(45-116)105-81(131)63(34-53-39-97-59-19-10-7-16-56(53)59)101-82(132)64(36-72(93)120)102-85(135)68(46-117)106-88(70)138)87(137)104-66(35-54-40-98-60-20-11-8-17-57(54)60)92(142)115-24-14-22-71(115)89(139)100-61(80(94)130)21-12-13-23-95-73(121)41-111-25-27-112(42-75(124)125)29-31-114(44-77(128)129)32-30-113(28-26-111)43-76(126)127/h6-11,15-20,38-40,49-50,61-71,78-79,96-98,116-118H,5,12-14,21-37,41-48H2,1-4H3,(H2,93,120)(H2,94,130)(H,95,121)(H,99,119)(H,100,139)(H,101,132)(H,102,135)(H,103,136)(H,104,137)(H,105,131)(H,106,138)(H,107,133)(H,108,140)(H,109,141)(H,110,134)(H,122,123)(H,124,125)(H,126,127)(H,128,129)/t49-,50+,61+,62-,63-,64-,65-,66-,67-,68-,69-,70-,71-,78-,79-/m0/s1. The number of aliphatic hydroxyl groups excluding tert-OH is 3. The molecule has 0 bridgehead atoms. The Bertz CT molecular complexity index is 5550. The summed E-state index contributed by atoms with van der Waals surface area (Å²) < 4.78 is 0. The highest BCUT2D eigenvalue weighted by atomic mass is 33.1. The summed E-state index contributed by atoms with van der Waals surface area (Å²) in [6.07, 6.45) is 0.233. The van der Waals surface area contributed by atoms with Crippen molar-refractivity contribution in [3.05, 3.63) is 108 Å². The summed E-state index contributed by atoms with van der Waals surface area (Å²) in [5.41, 5.74) is 14.7. The zero-order valence-corrected chi connectivity index (χ0v) is 81.5. The summed E-state index contributed by atoms with van der Waals surface area (Å²) in [6.45, 7) is 2.67. The SMILES string of the molecule is CC[C@H](C)[C@H](NC(=O)[C@@H](NC(=O)[C@H](Cc1c[nH]c2ccccc12)NC(C)=O)[C@@H](C)O)C(=O)N[C@H]1CSSC[C@@H](C(=O)N[C@@H](Cc2c[nH]c3ccccc23)C(=O)N2CCC[C@H]2C(=O)N[C@H](CCCCNC(=O)CN2CCN(CC(=O)O)CCN(CC(=O)O)CCN(CC(=O)O)CC2)C(N)=O)NC(=O)[C@H](CC(=O)O)NC(=O)[C@H](CO)NC(=O)[C@H](Cc2c[nH]c3ccccc23)NC(=O)[C@H](CC(N)=O)NC(=O)[C@H](CO)NC1=O. The van der Waals surface area contributed by atoms with Gasteiger partial charge in [-0.25, -0.2) is 0 Å². The molecule has 6 aromatic rings. The van der Waals surface area contributed by atoms with E-state index < -0.39 is 253 Å². The third-order valence-corrected chi connectivity index (χ3v) is 27.1. The van der Waals surface area contributed by atoms with Gasteiger partial charge in [0.2, 0.25) is 94.5 Å². The Morgan fingerprint density at radius 1 is 0.472 bits per heavy atom. The number of aliphatic carboxylic acids is 4. The van der Waals surface area contributed by atoms with Gasteiger partial charge in [0, 0.05) is 154 Å². The van der Waals surface area contributed by atoms with Crippen LogP contribution in [-0.2, 0) is 115 Å². The maximum atomic E-state index is 15.7. The van der Waals surface area contributed by atoms with Crippen LogP contribution in [0, 0.1) is 5.92 Å². The van der Waals surface area contributed by atoms with E-state index in [1.807, 2.05) is 0 Å². The van der Waals surface area contributed by atoms with Gasteiger partial charge >= 0.3 is 23.9 Å². The lowest BCUT2D eigenvalue weighted by atomic mass is 9.97. The number of aromatic nitrogens is 3. The number of H-pyrrole nitrogens is 3. The molecule has 0 aliphatic carbocycles. The van der Waals surface area contributed by atoms with E-state index in [0.717, 1.165) is 18.7 Å². The maximum absolute atomic E-state index is 15.7. The molecular weight excluding hydrogens is 1920 g/mol. The van der Waals surface area contributed by atoms with Gasteiger partial charge < -0.3 is 136 Å². The zero-order chi connectivity index (χ0) is 105. The fraction of sp³-hybridized carbons (Fsp3) is 0.522. The summed E-state index contributed by atoms with van der Waals surface area (Å²) in [5, 5.41) is 106. The van der Waals surface area contributed by atoms with Crippen molar-refractivity contribution in [2.75, 3.05) is 116 Å². The Balaban J connectivity index is 0.999. The van der Waals surface area contributed by atoms with Crippen LogP contribution in [0.1, 0.15) is 95.8 Å². The minimum absolute atomic E-state index is 0.00992. The van der Waals surface area contributed by atoms with Gasteiger partial charge in [0.25, 0.3) is 0 Å². The molecule has 0 saturated carbocycles. The van der Waals surface area contributed by atoms with Crippen LogP contribution >= 0.6 is 21.6 Å². The van der Waals surface area contributed by atoms with Crippen molar-refractivity contribution < 1.29 is 132 Å². The van der Waals surface area contributed by atoms with E-state index >= 15 is 24.0 Å². The molecule has 0 spiro atoms. The van der Waals surface area contributed by atoms with Crippen LogP contribution < -0.4 is 80.6 Å². The van der Waals surface area contributed by atoms with Gasteiger partial charge in [-0.05, 0) is 79.8 Å². The molecule has 0 unspecified atom stereocenters. The number of carbonyl (C=O) groups excluding carboxylic acids is 16. The molecule has 9 rings (SSSR count). The molecular formula is C92H127N23O27S2. The minimum Gasteiger partial charge on any atom is -0.481 e. The molecule has 16 amide bonds. The molecule has 784 valence electrons. The number of nitrogens with zero attached hydrogens (tertiary/aromatic N) is 5. The fourth-order valence-electron chi connectivity index (χ4n) is 16.8. The van der Waals surface area contributed by atoms with Crippen LogP contribution in [-0.4, -0.2) is 395 Å². The van der Waals surface area contributed by atoms with Gasteiger partial charge in [-0.3, -0.25) is 115 Å². The van der Waals surface area contributed by atoms with E-state index in [0.29, 0.717) is 71.0 Å². The van der Waals surface area contributed by atoms with Gasteiger partial charge in [-0.1, -0.05) is 96.5 Å². The van der Waals surface area contributed by atoms with E-state index in [9.17, 15) is 108 Å². The Kier molecular flexibility index (Phi) is 43.9. The zero-order valence-electron chi connectivity index (χ0n) is 79.8. The summed E-state index contributed by atoms with van der Waals surface area (Å²) in [6, 6.07) is -3.08. The van der Waals surface area contributed by atoms with Crippen molar-refractivity contribution in [2.45, 2.75) is 183 Å². The highest BCUT2D eigenvalue weighted by molar-refractivity contribution is 8.76. The highest BCUT2D eigenvalue weighted by Crippen LogP contribution is 2.28. The second-order valence-corrected chi connectivity index (χ2v) is 38.1. The monoisotopic (exact) mass is 2050 g/mol. The number of aliphatic hydroxyl groups is 3. The summed E-state index contributed by atoms with van der Waals surface area (Å²) in [7, 11) is 1.32. The van der Waals surface area contributed by atoms with Crippen molar-refractivity contribution in [3.8, 4) is 0 Å². The lowest BCUT2D eigenvalue weighted by molar-refractivity contribution is -0.143. The molecule has 3 aromatic heterocycles. The molecule has 3 fully saturated rings. The Morgan fingerprint density at radius 2 is 0.917 bits per heavy atom. The second kappa shape index (κ2) is 55.7. The molecule has 52 heteroatoms. The van der Waals surface area contributed by atoms with Gasteiger partial charge in [-0.15, -0.1) is 0 Å². The van der Waals surface area contributed by atoms with Gasteiger partial charge in [0.1, 0.15) is 78.5 Å². The summed E-state index contributed by atoms with van der Waals surface area (Å²) >= 11 is 0. The fourth-order valence-corrected chi connectivity index (χ4v) is 19.1. The molecule has 50 nitrogen and oxygen atoms in total. The normalized spacial score (nSPS) is 21.1. The number of carboxylic acid groups (broad SMARTS) is 4. The van der Waals surface area contributed by atoms with E-state index in [1.165, 1.54) is 13.1 Å². The number of hydrogen-bond acceptors (Lipinski definition) is 29. The minimum atomic E-state index is -2.23. The molecule has 3 aromatic carbocycles. The number of likely N-dealkylation sites (tertiary alicyclic amines) is 1. The highest BCUT2D eigenvalue weighted by Gasteiger charge is 2.44. The molecule has 3 aliphatic rings. The van der Waals surface area contributed by atoms with Crippen molar-refractivity contribution >= 4 is 173 Å². The first-order valence-electron chi connectivity index (χ1n) is 46.9. The first-order chi connectivity index (χ1) is 68.6. The summed E-state index contributed by atoms with van der Waals surface area (Å²) in [4.78, 5) is 296. The summed E-state index contributed by atoms with van der Waals surface area (Å²) in [5.74, 6) is -25.0. The quantitative estimate of drug-likeness (QED) is 0.0125. The van der Waals surface area contributed by atoms with E-state index in [-0.39, 0.29) is 143 Å². The smallest absolute Gasteiger partial charge is 0.317 e. The molecule has 27 N–H and O–H groups in total. The predicted octanol–water partition coefficient (Wildman–Crippen LogP) is -6.61. The average Bonchev–Trinajstić information content (AvgIpc) is 1.59. The van der Waals surface area contributed by atoms with Crippen LogP contribution in [0.15, 0.2) is 91.4 Å². The molecule has 3 aliphatic heterocycles. The number of para-hydroxylation sites is 3. The van der Waals surface area contributed by atoms with Gasteiger partial charge in [0.15, 0.2) is 0 Å². The number of aromatic amines is 3. The molecule has 3 saturated heterocycles. The van der Waals surface area contributed by atoms with Gasteiger partial charge in [0.05, 0.1) is 58.3 Å². The Labute approximate surface area is 833 Å². The molecule has 6 heterocycles. The average molecular weight is 2050 g/mol. The van der Waals surface area contributed by atoms with Crippen molar-refractivity contribution in [2.24, 2.45) is 17.4 Å². The third kappa shape index (κ3) is 34.4. The molecule has 15 atom stereocenters. The lowest BCUT2D eigenvalue weighted by Crippen LogP contribution is -2.63. The molecule has 144 heavy (non-hydrogen) atoms. The maximum Gasteiger partial charge on any atom is 0.317 e. The number of hydrogen-bond donors (Lipinski definition) is 25. The van der Waals surface area contributed by atoms with Crippen LogP contribution in [0.5, 0.6) is 0 Å². The number of primary amides is 2. The number of fused-ring (bicyclic) bond motifs is 3. The van der Waals surface area contributed by atoms with Crippen molar-refractivity contribution in [1.29, 1.82) is 0 Å². The first-order valence-corrected chi connectivity index (χ1v) is 49.4. The van der Waals surface area contributed by atoms with Crippen LogP contribution in [0.25, 0.3) is 32.7 Å². The van der Waals surface area contributed by atoms with E-state index in [2.05, 4.69) is 84.1 Å². The first kappa shape index (κ1) is 114. The number of carbonyl (C=O) groups is 20. The van der Waals surface area contributed by atoms with Crippen LogP contribution in [0.2, 0.25) is 0 Å². The van der Waals surface area contributed by atoms with Crippen LogP contribution in [0.3, 0.4) is 0 Å². The van der Waals surface area contributed by atoms with Crippen LogP contribution in [0.4, 0.5) is 0 Å². The van der Waals surface area contributed by atoms with E-state index in [1.54, 1.807) is 112 Å². The third-order valence-electron chi connectivity index (χ3n) is 24.7. The van der Waals surface area contributed by atoms with Crippen molar-refractivity contribution in [1.82, 2.24) is 109 Å². The van der Waals surface area contributed by atoms with Crippen molar-refractivity contribution in [3.63, 3.8) is 0 Å². The number of carboxylic acids is 4.